The minimum atomic E-state index is 0.0162. The SMILES string of the molecule is O=C=NC1C2=C(CC=C2)CC2=C1CCC2. The second-order valence-electron chi connectivity index (χ2n) is 4.45. The molecule has 1 atom stereocenters. The van der Waals surface area contributed by atoms with Crippen molar-refractivity contribution in [3.8, 4) is 0 Å². The normalized spacial score (nSPS) is 27.9. The van der Waals surface area contributed by atoms with Gasteiger partial charge < -0.3 is 0 Å². The topological polar surface area (TPSA) is 29.4 Å². The molecule has 0 fully saturated rings. The monoisotopic (exact) mass is 199 g/mol. The molecule has 0 saturated carbocycles. The fraction of sp³-hybridized carbons (Fsp3) is 0.462. The minimum absolute atomic E-state index is 0.0162. The maximum Gasteiger partial charge on any atom is 0.235 e. The molecular weight excluding hydrogens is 186 g/mol. The van der Waals surface area contributed by atoms with E-state index in [1.807, 2.05) is 0 Å². The highest BCUT2D eigenvalue weighted by atomic mass is 16.1. The van der Waals surface area contributed by atoms with Gasteiger partial charge in [0, 0.05) is 0 Å². The Morgan fingerprint density at radius 3 is 3.13 bits per heavy atom. The summed E-state index contributed by atoms with van der Waals surface area (Å²) in [6.45, 7) is 0. The van der Waals surface area contributed by atoms with Crippen molar-refractivity contribution >= 4 is 6.08 Å². The molecule has 0 bridgehead atoms. The lowest BCUT2D eigenvalue weighted by molar-refractivity contribution is 0.561. The van der Waals surface area contributed by atoms with Gasteiger partial charge in [0.2, 0.25) is 6.08 Å². The molecule has 0 heterocycles. The summed E-state index contributed by atoms with van der Waals surface area (Å²) in [6, 6.07) is 0.0162. The van der Waals surface area contributed by atoms with E-state index in [0.29, 0.717) is 0 Å². The summed E-state index contributed by atoms with van der Waals surface area (Å²) >= 11 is 0. The van der Waals surface area contributed by atoms with E-state index in [2.05, 4.69) is 17.1 Å². The third kappa shape index (κ3) is 1.25. The second kappa shape index (κ2) is 3.32. The van der Waals surface area contributed by atoms with E-state index in [1.54, 1.807) is 11.7 Å². The Kier molecular flexibility index (Phi) is 1.96. The first-order valence-corrected chi connectivity index (χ1v) is 5.56. The van der Waals surface area contributed by atoms with Gasteiger partial charge in [-0.05, 0) is 43.3 Å². The molecule has 3 aliphatic rings. The van der Waals surface area contributed by atoms with Crippen LogP contribution in [0.5, 0.6) is 0 Å². The zero-order valence-electron chi connectivity index (χ0n) is 8.62. The molecule has 0 N–H and O–H groups in total. The van der Waals surface area contributed by atoms with Crippen LogP contribution < -0.4 is 0 Å². The minimum Gasteiger partial charge on any atom is -0.211 e. The summed E-state index contributed by atoms with van der Waals surface area (Å²) in [5.74, 6) is 0. The number of allylic oxidation sites excluding steroid dienone is 3. The molecule has 0 aliphatic heterocycles. The lowest BCUT2D eigenvalue weighted by Crippen LogP contribution is -2.15. The lowest BCUT2D eigenvalue weighted by atomic mass is 9.85. The van der Waals surface area contributed by atoms with E-state index >= 15 is 0 Å². The molecule has 0 radical (unpaired) electrons. The van der Waals surface area contributed by atoms with Gasteiger partial charge in [0.25, 0.3) is 0 Å². The molecule has 3 aliphatic carbocycles. The van der Waals surface area contributed by atoms with Crippen molar-refractivity contribution in [2.45, 2.75) is 38.1 Å². The van der Waals surface area contributed by atoms with Crippen LogP contribution in [0.2, 0.25) is 0 Å². The van der Waals surface area contributed by atoms with Crippen LogP contribution in [0.25, 0.3) is 0 Å². The largest absolute Gasteiger partial charge is 0.235 e. The number of aliphatic imine (C=N–C) groups is 1. The molecule has 15 heavy (non-hydrogen) atoms. The first kappa shape index (κ1) is 8.87. The van der Waals surface area contributed by atoms with Crippen molar-refractivity contribution in [3.05, 3.63) is 34.4 Å². The Labute approximate surface area is 89.1 Å². The van der Waals surface area contributed by atoms with Gasteiger partial charge in [-0.15, -0.1) is 0 Å². The van der Waals surface area contributed by atoms with Crippen LogP contribution in [-0.2, 0) is 4.79 Å². The summed E-state index contributed by atoms with van der Waals surface area (Å²) in [4.78, 5) is 14.5. The first-order valence-electron chi connectivity index (χ1n) is 5.56. The average molecular weight is 199 g/mol. The van der Waals surface area contributed by atoms with E-state index in [-0.39, 0.29) is 6.04 Å². The van der Waals surface area contributed by atoms with Crippen LogP contribution >= 0.6 is 0 Å². The number of hydrogen-bond acceptors (Lipinski definition) is 2. The van der Waals surface area contributed by atoms with Crippen molar-refractivity contribution in [3.63, 3.8) is 0 Å². The second-order valence-corrected chi connectivity index (χ2v) is 4.45. The van der Waals surface area contributed by atoms with Gasteiger partial charge in [0.05, 0.1) is 0 Å². The number of carbonyl (C=O) groups excluding carboxylic acids is 1. The van der Waals surface area contributed by atoms with Crippen LogP contribution in [0.1, 0.15) is 32.1 Å². The van der Waals surface area contributed by atoms with Crippen LogP contribution in [0.15, 0.2) is 39.4 Å². The third-order valence-corrected chi connectivity index (χ3v) is 3.68. The fourth-order valence-corrected chi connectivity index (χ4v) is 3.03. The summed E-state index contributed by atoms with van der Waals surface area (Å²) < 4.78 is 0. The summed E-state index contributed by atoms with van der Waals surface area (Å²) in [6.07, 6.45) is 11.8. The predicted molar refractivity (Wildman–Crippen MR) is 58.2 cm³/mol. The molecule has 3 rings (SSSR count). The molecule has 76 valence electrons. The fourth-order valence-electron chi connectivity index (χ4n) is 3.03. The van der Waals surface area contributed by atoms with Crippen molar-refractivity contribution in [1.82, 2.24) is 0 Å². The average Bonchev–Trinajstić information content (AvgIpc) is 2.84. The Morgan fingerprint density at radius 1 is 1.33 bits per heavy atom. The van der Waals surface area contributed by atoms with Crippen molar-refractivity contribution in [1.29, 1.82) is 0 Å². The van der Waals surface area contributed by atoms with Gasteiger partial charge in [0.1, 0.15) is 6.04 Å². The maximum atomic E-state index is 10.5. The Morgan fingerprint density at radius 2 is 2.27 bits per heavy atom. The zero-order valence-corrected chi connectivity index (χ0v) is 8.62. The quantitative estimate of drug-likeness (QED) is 0.363. The van der Waals surface area contributed by atoms with E-state index < -0.39 is 0 Å². The van der Waals surface area contributed by atoms with Crippen molar-refractivity contribution in [2.24, 2.45) is 4.99 Å². The molecule has 0 aromatic rings. The van der Waals surface area contributed by atoms with E-state index in [4.69, 9.17) is 0 Å². The number of hydrogen-bond donors (Lipinski definition) is 0. The molecular formula is C13H13NO. The Balaban J connectivity index is 2.06. The van der Waals surface area contributed by atoms with Gasteiger partial charge in [-0.2, -0.15) is 4.99 Å². The van der Waals surface area contributed by atoms with Crippen LogP contribution in [0, 0.1) is 0 Å². The van der Waals surface area contributed by atoms with Crippen molar-refractivity contribution < 1.29 is 4.79 Å². The molecule has 0 amide bonds. The highest BCUT2D eigenvalue weighted by molar-refractivity contribution is 5.53. The van der Waals surface area contributed by atoms with E-state index in [9.17, 15) is 4.79 Å². The highest BCUT2D eigenvalue weighted by Crippen LogP contribution is 2.44. The Bertz CT molecular complexity index is 447. The van der Waals surface area contributed by atoms with Gasteiger partial charge in [-0.1, -0.05) is 23.3 Å². The molecule has 2 heteroatoms. The summed E-state index contributed by atoms with van der Waals surface area (Å²) in [7, 11) is 0. The molecule has 0 spiro atoms. The highest BCUT2D eigenvalue weighted by Gasteiger charge is 2.31. The lowest BCUT2D eigenvalue weighted by Gasteiger charge is -2.23. The van der Waals surface area contributed by atoms with Gasteiger partial charge >= 0.3 is 0 Å². The zero-order chi connectivity index (χ0) is 10.3. The van der Waals surface area contributed by atoms with Gasteiger partial charge in [0.15, 0.2) is 0 Å². The van der Waals surface area contributed by atoms with E-state index in [1.165, 1.54) is 29.6 Å². The summed E-state index contributed by atoms with van der Waals surface area (Å²) in [5.41, 5.74) is 5.70. The third-order valence-electron chi connectivity index (χ3n) is 3.68. The first-order chi connectivity index (χ1) is 7.40. The van der Waals surface area contributed by atoms with E-state index in [0.717, 1.165) is 19.3 Å². The molecule has 0 saturated heterocycles. The standard InChI is InChI=1S/C13H13NO/c15-8-14-13-11-5-1-3-9(11)7-10-4-2-6-12(10)13/h1,5,13H,2-4,6-7H2. The molecule has 0 aromatic heterocycles. The molecule has 1 unspecified atom stereocenters. The number of nitrogens with zero attached hydrogens (tertiary/aromatic N) is 1. The molecule has 2 nitrogen and oxygen atoms in total. The Hall–Kier alpha value is -1.40. The van der Waals surface area contributed by atoms with Crippen molar-refractivity contribution in [2.75, 3.05) is 0 Å². The van der Waals surface area contributed by atoms with Crippen LogP contribution in [0.3, 0.4) is 0 Å². The predicted octanol–water partition coefficient (Wildman–Crippen LogP) is 2.83. The molecule has 0 aromatic carbocycles. The maximum absolute atomic E-state index is 10.5. The number of rotatable bonds is 1. The summed E-state index contributed by atoms with van der Waals surface area (Å²) in [5, 5.41) is 0. The van der Waals surface area contributed by atoms with Gasteiger partial charge in [-0.25, -0.2) is 4.79 Å². The van der Waals surface area contributed by atoms with Crippen LogP contribution in [-0.4, -0.2) is 12.1 Å². The number of isocyanates is 1. The van der Waals surface area contributed by atoms with Gasteiger partial charge in [-0.3, -0.25) is 0 Å². The smallest absolute Gasteiger partial charge is 0.211 e. The van der Waals surface area contributed by atoms with Crippen LogP contribution in [0.4, 0.5) is 0 Å².